The molecule has 37 heavy (non-hydrogen) atoms. The van der Waals surface area contributed by atoms with Crippen LogP contribution in [0.5, 0.6) is 0 Å². The van der Waals surface area contributed by atoms with Crippen LogP contribution in [0.1, 0.15) is 73.1 Å². The molecule has 1 unspecified atom stereocenters. The van der Waals surface area contributed by atoms with Gasteiger partial charge in [0.1, 0.15) is 24.5 Å². The minimum absolute atomic E-state index is 0.111. The van der Waals surface area contributed by atoms with Crippen molar-refractivity contribution in [2.45, 2.75) is 79.2 Å². The van der Waals surface area contributed by atoms with Crippen LogP contribution in [-0.2, 0) is 4.74 Å². The van der Waals surface area contributed by atoms with Crippen LogP contribution < -0.4 is 5.32 Å². The number of anilines is 1. The van der Waals surface area contributed by atoms with Crippen LogP contribution in [0.3, 0.4) is 0 Å². The van der Waals surface area contributed by atoms with Crippen molar-refractivity contribution in [1.29, 1.82) is 0 Å². The number of hydrogen-bond acceptors (Lipinski definition) is 5. The number of aliphatic imine (C=N–C) groups is 1. The Labute approximate surface area is 228 Å². The standard InChI is InChI=1S/C31H44FN3OS/c1-24(2)9-6-10-25(3)11-7-12-26(4)13-8-14-27(5)16-20-37-23-30(29-22-36-19-18-33-29)35-31-21-28(32)15-17-34-31/h9,11,13,15-18,21-22,30H,6-8,10,12,14,19-20,23H2,1-5H3,(H,34,35). The monoisotopic (exact) mass is 525 g/mol. The number of pyridine rings is 1. The predicted molar refractivity (Wildman–Crippen MR) is 160 cm³/mol. The molecule has 4 nitrogen and oxygen atoms in total. The van der Waals surface area contributed by atoms with E-state index in [1.807, 2.05) is 11.8 Å². The van der Waals surface area contributed by atoms with Gasteiger partial charge in [0.2, 0.25) is 0 Å². The Morgan fingerprint density at radius 3 is 2.24 bits per heavy atom. The molecule has 0 saturated heterocycles. The molecule has 202 valence electrons. The quantitative estimate of drug-likeness (QED) is 0.173. The SMILES string of the molecule is CC(C)=CCCC(C)=CCCC(C)=CCCC(C)=CCSCC(Nc1cc(F)ccn1)C1=COCC=N1. The Morgan fingerprint density at radius 2 is 1.65 bits per heavy atom. The molecule has 0 bridgehead atoms. The summed E-state index contributed by atoms with van der Waals surface area (Å²) in [5.74, 6) is 1.87. The molecular weight excluding hydrogens is 481 g/mol. The van der Waals surface area contributed by atoms with E-state index in [0.717, 1.165) is 55.7 Å². The zero-order valence-electron chi connectivity index (χ0n) is 23.2. The van der Waals surface area contributed by atoms with Crippen LogP contribution in [-0.4, -0.2) is 35.4 Å². The summed E-state index contributed by atoms with van der Waals surface area (Å²) in [6, 6.07) is 2.63. The molecule has 2 rings (SSSR count). The number of rotatable bonds is 16. The van der Waals surface area contributed by atoms with Gasteiger partial charge >= 0.3 is 0 Å². The molecule has 0 radical (unpaired) electrons. The fourth-order valence-electron chi connectivity index (χ4n) is 3.76. The Hall–Kier alpha value is -2.60. The summed E-state index contributed by atoms with van der Waals surface area (Å²) in [6.45, 7) is 11.5. The lowest BCUT2D eigenvalue weighted by molar-refractivity contribution is 0.294. The summed E-state index contributed by atoms with van der Waals surface area (Å²) in [5.41, 5.74) is 6.56. The van der Waals surface area contributed by atoms with E-state index in [9.17, 15) is 4.39 Å². The molecule has 6 heteroatoms. The lowest BCUT2D eigenvalue weighted by Gasteiger charge is -2.21. The molecule has 0 aromatic carbocycles. The van der Waals surface area contributed by atoms with Crippen molar-refractivity contribution in [3.8, 4) is 0 Å². The molecule has 0 fully saturated rings. The highest BCUT2D eigenvalue weighted by Crippen LogP contribution is 2.19. The van der Waals surface area contributed by atoms with Gasteiger partial charge in [-0.1, -0.05) is 46.6 Å². The number of nitrogens with zero attached hydrogens (tertiary/aromatic N) is 2. The van der Waals surface area contributed by atoms with E-state index in [2.05, 4.69) is 74.2 Å². The summed E-state index contributed by atoms with van der Waals surface area (Å²) in [4.78, 5) is 8.68. The lowest BCUT2D eigenvalue weighted by Crippen LogP contribution is -2.26. The maximum Gasteiger partial charge on any atom is 0.129 e. The third-order valence-electron chi connectivity index (χ3n) is 6.00. The van der Waals surface area contributed by atoms with Crippen LogP contribution in [0.15, 0.2) is 81.9 Å². The van der Waals surface area contributed by atoms with Gasteiger partial charge in [-0.05, 0) is 79.2 Å². The maximum atomic E-state index is 13.6. The summed E-state index contributed by atoms with van der Waals surface area (Å²) in [6.07, 6.45) is 21.0. The van der Waals surface area contributed by atoms with Gasteiger partial charge in [0.05, 0.1) is 11.7 Å². The van der Waals surface area contributed by atoms with Crippen molar-refractivity contribution in [2.24, 2.45) is 4.99 Å². The van der Waals surface area contributed by atoms with Gasteiger partial charge < -0.3 is 10.1 Å². The lowest BCUT2D eigenvalue weighted by atomic mass is 10.0. The molecule has 0 amide bonds. The highest BCUT2D eigenvalue weighted by Gasteiger charge is 2.16. The molecule has 2 heterocycles. The molecule has 0 saturated carbocycles. The first-order valence-corrected chi connectivity index (χ1v) is 14.4. The van der Waals surface area contributed by atoms with E-state index in [4.69, 9.17) is 4.74 Å². The van der Waals surface area contributed by atoms with E-state index < -0.39 is 0 Å². The van der Waals surface area contributed by atoms with Crippen LogP contribution in [0.2, 0.25) is 0 Å². The normalized spacial score (nSPS) is 15.2. The number of halogens is 1. The zero-order valence-corrected chi connectivity index (χ0v) is 24.0. The highest BCUT2D eigenvalue weighted by molar-refractivity contribution is 7.99. The minimum atomic E-state index is -0.314. The molecule has 1 aromatic heterocycles. The first kappa shape index (κ1) is 30.6. The first-order chi connectivity index (χ1) is 17.8. The Morgan fingerprint density at radius 1 is 1.00 bits per heavy atom. The van der Waals surface area contributed by atoms with Crippen molar-refractivity contribution in [3.05, 3.63) is 82.7 Å². The van der Waals surface area contributed by atoms with Gasteiger partial charge in [0, 0.05) is 30.0 Å². The van der Waals surface area contributed by atoms with Gasteiger partial charge in [-0.2, -0.15) is 11.8 Å². The van der Waals surface area contributed by atoms with Gasteiger partial charge in [-0.15, -0.1) is 0 Å². The maximum absolute atomic E-state index is 13.6. The molecule has 0 spiro atoms. The van der Waals surface area contributed by atoms with Crippen LogP contribution >= 0.6 is 11.8 Å². The summed E-state index contributed by atoms with van der Waals surface area (Å²) < 4.78 is 19.0. The fourth-order valence-corrected chi connectivity index (χ4v) is 4.79. The molecule has 1 aliphatic heterocycles. The molecular formula is C31H44FN3OS. The fraction of sp³-hybridized carbons (Fsp3) is 0.484. The second-order valence-corrected chi connectivity index (χ2v) is 10.9. The topological polar surface area (TPSA) is 46.5 Å². The highest BCUT2D eigenvalue weighted by atomic mass is 32.2. The van der Waals surface area contributed by atoms with Crippen LogP contribution in [0.4, 0.5) is 10.2 Å². The minimum Gasteiger partial charge on any atom is -0.494 e. The van der Waals surface area contributed by atoms with Gasteiger partial charge in [0.25, 0.3) is 0 Å². The molecule has 1 N–H and O–H groups in total. The molecule has 1 atom stereocenters. The van der Waals surface area contributed by atoms with Gasteiger partial charge in [0.15, 0.2) is 0 Å². The molecule has 1 aliphatic rings. The van der Waals surface area contributed by atoms with E-state index in [-0.39, 0.29) is 11.9 Å². The number of thioether (sulfide) groups is 1. The molecule has 1 aromatic rings. The zero-order chi connectivity index (χ0) is 26.9. The number of allylic oxidation sites excluding steroid dienone is 7. The third kappa shape index (κ3) is 14.1. The second kappa shape index (κ2) is 17.8. The van der Waals surface area contributed by atoms with E-state index in [0.29, 0.717) is 12.4 Å². The van der Waals surface area contributed by atoms with E-state index in [1.54, 1.807) is 12.5 Å². The Balaban J connectivity index is 1.73. The third-order valence-corrected chi connectivity index (χ3v) is 6.98. The van der Waals surface area contributed by atoms with Crippen molar-refractivity contribution in [2.75, 3.05) is 23.4 Å². The van der Waals surface area contributed by atoms with Crippen LogP contribution in [0.25, 0.3) is 0 Å². The number of ether oxygens (including phenoxy) is 1. The first-order valence-electron chi connectivity index (χ1n) is 13.2. The average molecular weight is 526 g/mol. The smallest absolute Gasteiger partial charge is 0.129 e. The van der Waals surface area contributed by atoms with Crippen molar-refractivity contribution in [1.82, 2.24) is 4.98 Å². The van der Waals surface area contributed by atoms with Crippen molar-refractivity contribution < 1.29 is 9.13 Å². The van der Waals surface area contributed by atoms with Crippen LogP contribution in [0, 0.1) is 5.82 Å². The second-order valence-electron chi connectivity index (χ2n) is 9.83. The molecule has 0 aliphatic carbocycles. The summed E-state index contributed by atoms with van der Waals surface area (Å²) in [7, 11) is 0. The van der Waals surface area contributed by atoms with Gasteiger partial charge in [-0.25, -0.2) is 9.37 Å². The van der Waals surface area contributed by atoms with E-state index in [1.165, 1.54) is 40.6 Å². The number of nitrogens with one attached hydrogen (secondary N) is 1. The number of aromatic nitrogens is 1. The van der Waals surface area contributed by atoms with Gasteiger partial charge in [-0.3, -0.25) is 4.99 Å². The predicted octanol–water partition coefficient (Wildman–Crippen LogP) is 8.82. The number of hydrogen-bond donors (Lipinski definition) is 1. The van der Waals surface area contributed by atoms with E-state index >= 15 is 0 Å². The van der Waals surface area contributed by atoms with Crippen molar-refractivity contribution in [3.63, 3.8) is 0 Å². The Kier molecular flexibility index (Phi) is 14.7. The van der Waals surface area contributed by atoms with Crippen molar-refractivity contribution >= 4 is 23.8 Å². The Bertz CT molecular complexity index is 1020. The largest absolute Gasteiger partial charge is 0.494 e. The summed E-state index contributed by atoms with van der Waals surface area (Å²) in [5, 5.41) is 3.29. The summed E-state index contributed by atoms with van der Waals surface area (Å²) >= 11 is 1.81. The average Bonchev–Trinajstić information content (AvgIpc) is 2.86.